The molecule has 1 aliphatic rings. The Balaban J connectivity index is 2.33. The first-order valence-corrected chi connectivity index (χ1v) is 5.38. The maximum Gasteiger partial charge on any atom is 0.226 e. The fourth-order valence-electron chi connectivity index (χ4n) is 1.72. The fourth-order valence-corrected chi connectivity index (χ4v) is 1.72. The van der Waals surface area contributed by atoms with E-state index in [9.17, 15) is 4.79 Å². The Hall–Kier alpha value is -0.610. The number of amides is 1. The Morgan fingerprint density at radius 3 is 2.71 bits per heavy atom. The van der Waals surface area contributed by atoms with Crippen molar-refractivity contribution >= 4 is 5.91 Å². The summed E-state index contributed by atoms with van der Waals surface area (Å²) in [6.45, 7) is 5.28. The van der Waals surface area contributed by atoms with E-state index in [-0.39, 0.29) is 11.3 Å². The van der Waals surface area contributed by atoms with Crippen LogP contribution in [0.4, 0.5) is 0 Å². The number of carbonyl (C=O) groups excluding carboxylic acids is 1. The van der Waals surface area contributed by atoms with Gasteiger partial charge in [-0.15, -0.1) is 0 Å². The predicted octanol–water partition coefficient (Wildman–Crippen LogP) is -0.159. The minimum Gasteiger partial charge on any atom is -0.356 e. The summed E-state index contributed by atoms with van der Waals surface area (Å²) < 4.78 is 0. The zero-order valence-corrected chi connectivity index (χ0v) is 8.94. The van der Waals surface area contributed by atoms with E-state index in [0.717, 1.165) is 32.4 Å². The molecule has 0 atom stereocenters. The van der Waals surface area contributed by atoms with Crippen LogP contribution in [0.15, 0.2) is 0 Å². The first-order chi connectivity index (χ1) is 6.69. The molecule has 1 heterocycles. The Labute approximate surface area is 85.6 Å². The molecule has 4 heteroatoms. The molecule has 0 saturated carbocycles. The van der Waals surface area contributed by atoms with Crippen LogP contribution in [0.25, 0.3) is 0 Å². The monoisotopic (exact) mass is 199 g/mol. The van der Waals surface area contributed by atoms with Gasteiger partial charge in [-0.1, -0.05) is 6.92 Å². The molecule has 0 radical (unpaired) electrons. The highest BCUT2D eigenvalue weighted by atomic mass is 16.2. The van der Waals surface area contributed by atoms with Crippen LogP contribution < -0.4 is 16.4 Å². The lowest BCUT2D eigenvalue weighted by Crippen LogP contribution is -2.46. The first-order valence-electron chi connectivity index (χ1n) is 5.38. The van der Waals surface area contributed by atoms with Crippen molar-refractivity contribution in [2.24, 2.45) is 11.1 Å². The molecule has 14 heavy (non-hydrogen) atoms. The van der Waals surface area contributed by atoms with Crippen LogP contribution in [0, 0.1) is 5.41 Å². The average Bonchev–Trinajstić information content (AvgIpc) is 2.19. The number of nitrogens with one attached hydrogen (secondary N) is 2. The zero-order valence-electron chi connectivity index (χ0n) is 8.94. The van der Waals surface area contributed by atoms with E-state index >= 15 is 0 Å². The molecule has 4 N–H and O–H groups in total. The molecule has 1 fully saturated rings. The second-order valence-corrected chi connectivity index (χ2v) is 4.21. The minimum absolute atomic E-state index is 0.167. The minimum atomic E-state index is -0.167. The molecule has 1 rings (SSSR count). The third-order valence-electron chi connectivity index (χ3n) is 2.92. The standard InChI is InChI=1S/C10H21N3O/c1-10(3-7-12-8-4-10)9(14)13-6-2-5-11/h12H,2-8,11H2,1H3,(H,13,14). The van der Waals surface area contributed by atoms with Crippen molar-refractivity contribution in [1.82, 2.24) is 10.6 Å². The smallest absolute Gasteiger partial charge is 0.226 e. The van der Waals surface area contributed by atoms with Gasteiger partial charge >= 0.3 is 0 Å². The lowest BCUT2D eigenvalue weighted by Gasteiger charge is -2.32. The summed E-state index contributed by atoms with van der Waals surface area (Å²) in [5.74, 6) is 0.187. The van der Waals surface area contributed by atoms with Gasteiger partial charge in [0.05, 0.1) is 0 Å². The Morgan fingerprint density at radius 2 is 2.14 bits per heavy atom. The molecule has 0 bridgehead atoms. The van der Waals surface area contributed by atoms with E-state index in [2.05, 4.69) is 10.6 Å². The number of carbonyl (C=O) groups is 1. The molecular weight excluding hydrogens is 178 g/mol. The summed E-state index contributed by atoms with van der Waals surface area (Å²) in [6, 6.07) is 0. The molecule has 82 valence electrons. The highest BCUT2D eigenvalue weighted by Crippen LogP contribution is 2.27. The van der Waals surface area contributed by atoms with Gasteiger partial charge in [-0.25, -0.2) is 0 Å². The van der Waals surface area contributed by atoms with E-state index in [4.69, 9.17) is 5.73 Å². The van der Waals surface area contributed by atoms with Gasteiger partial charge in [0, 0.05) is 12.0 Å². The van der Waals surface area contributed by atoms with Crippen LogP contribution in [0.3, 0.4) is 0 Å². The molecule has 1 saturated heterocycles. The lowest BCUT2D eigenvalue weighted by atomic mass is 9.80. The third kappa shape index (κ3) is 2.96. The van der Waals surface area contributed by atoms with E-state index in [1.807, 2.05) is 6.92 Å². The lowest BCUT2D eigenvalue weighted by molar-refractivity contribution is -0.131. The number of piperidine rings is 1. The van der Waals surface area contributed by atoms with Gasteiger partial charge in [-0.05, 0) is 38.9 Å². The molecule has 0 aliphatic carbocycles. The average molecular weight is 199 g/mol. The van der Waals surface area contributed by atoms with Crippen LogP contribution >= 0.6 is 0 Å². The first kappa shape index (κ1) is 11.5. The van der Waals surface area contributed by atoms with E-state index in [0.29, 0.717) is 13.1 Å². The highest BCUT2D eigenvalue weighted by Gasteiger charge is 2.33. The van der Waals surface area contributed by atoms with Gasteiger partial charge in [0.2, 0.25) is 5.91 Å². The zero-order chi connectivity index (χ0) is 10.4. The van der Waals surface area contributed by atoms with Crippen LogP contribution in [0.5, 0.6) is 0 Å². The number of nitrogens with two attached hydrogens (primary N) is 1. The topological polar surface area (TPSA) is 67.2 Å². The second kappa shape index (κ2) is 5.32. The number of hydrogen-bond donors (Lipinski definition) is 3. The summed E-state index contributed by atoms with van der Waals surface area (Å²) in [5, 5.41) is 6.21. The highest BCUT2D eigenvalue weighted by molar-refractivity contribution is 5.82. The van der Waals surface area contributed by atoms with Gasteiger partial charge in [0.15, 0.2) is 0 Å². The Bertz CT molecular complexity index is 188. The Kier molecular flexibility index (Phi) is 4.35. The van der Waals surface area contributed by atoms with Crippen molar-refractivity contribution in [1.29, 1.82) is 0 Å². The van der Waals surface area contributed by atoms with Crippen molar-refractivity contribution < 1.29 is 4.79 Å². The summed E-state index contributed by atoms with van der Waals surface area (Å²) in [4.78, 5) is 11.8. The fraction of sp³-hybridized carbons (Fsp3) is 0.900. The van der Waals surface area contributed by atoms with E-state index in [1.54, 1.807) is 0 Å². The van der Waals surface area contributed by atoms with Crippen LogP contribution in [-0.4, -0.2) is 32.1 Å². The molecule has 0 unspecified atom stereocenters. The SMILES string of the molecule is CC1(C(=O)NCCCN)CCNCC1. The van der Waals surface area contributed by atoms with Crippen LogP contribution in [0.2, 0.25) is 0 Å². The third-order valence-corrected chi connectivity index (χ3v) is 2.92. The Morgan fingerprint density at radius 1 is 1.50 bits per heavy atom. The van der Waals surface area contributed by atoms with Crippen molar-refractivity contribution in [3.05, 3.63) is 0 Å². The second-order valence-electron chi connectivity index (χ2n) is 4.21. The largest absolute Gasteiger partial charge is 0.356 e. The van der Waals surface area contributed by atoms with Crippen LogP contribution in [-0.2, 0) is 4.79 Å². The maximum absolute atomic E-state index is 11.8. The summed E-state index contributed by atoms with van der Waals surface area (Å²) in [5.41, 5.74) is 5.20. The van der Waals surface area contributed by atoms with E-state index < -0.39 is 0 Å². The van der Waals surface area contributed by atoms with E-state index in [1.165, 1.54) is 0 Å². The summed E-state index contributed by atoms with van der Waals surface area (Å²) in [7, 11) is 0. The molecule has 4 nitrogen and oxygen atoms in total. The van der Waals surface area contributed by atoms with Gasteiger partial charge in [0.25, 0.3) is 0 Å². The molecule has 0 spiro atoms. The quantitative estimate of drug-likeness (QED) is 0.551. The van der Waals surface area contributed by atoms with Gasteiger partial charge in [0.1, 0.15) is 0 Å². The van der Waals surface area contributed by atoms with Gasteiger partial charge in [-0.2, -0.15) is 0 Å². The van der Waals surface area contributed by atoms with Crippen molar-refractivity contribution in [3.63, 3.8) is 0 Å². The molecular formula is C10H21N3O. The van der Waals surface area contributed by atoms with Gasteiger partial charge in [-0.3, -0.25) is 4.79 Å². The number of hydrogen-bond acceptors (Lipinski definition) is 3. The molecule has 1 aliphatic heterocycles. The van der Waals surface area contributed by atoms with Crippen LogP contribution in [0.1, 0.15) is 26.2 Å². The van der Waals surface area contributed by atoms with Crippen molar-refractivity contribution in [2.45, 2.75) is 26.2 Å². The normalized spacial score (nSPS) is 20.4. The van der Waals surface area contributed by atoms with Crippen molar-refractivity contribution in [2.75, 3.05) is 26.2 Å². The molecule has 1 amide bonds. The van der Waals surface area contributed by atoms with Crippen molar-refractivity contribution in [3.8, 4) is 0 Å². The molecule has 0 aromatic heterocycles. The maximum atomic E-state index is 11.8. The van der Waals surface area contributed by atoms with Gasteiger partial charge < -0.3 is 16.4 Å². The number of rotatable bonds is 4. The summed E-state index contributed by atoms with van der Waals surface area (Å²) >= 11 is 0. The molecule has 0 aromatic rings. The molecule has 0 aromatic carbocycles. The summed E-state index contributed by atoms with van der Waals surface area (Å²) in [6.07, 6.45) is 2.73. The predicted molar refractivity (Wildman–Crippen MR) is 56.9 cm³/mol.